The first kappa shape index (κ1) is 23.9. The van der Waals surface area contributed by atoms with Crippen LogP contribution < -0.4 is 5.32 Å². The van der Waals surface area contributed by atoms with Crippen molar-refractivity contribution in [2.45, 2.75) is 38.8 Å². The van der Waals surface area contributed by atoms with E-state index in [9.17, 15) is 14.4 Å². The van der Waals surface area contributed by atoms with E-state index < -0.39 is 29.6 Å². The van der Waals surface area contributed by atoms with Crippen molar-refractivity contribution in [2.75, 3.05) is 7.11 Å². The highest BCUT2D eigenvalue weighted by Gasteiger charge is 2.26. The average Bonchev–Trinajstić information content (AvgIpc) is 3.20. The number of hydrogen-bond donors (Lipinski definition) is 1. The van der Waals surface area contributed by atoms with Gasteiger partial charge in [0, 0.05) is 29.6 Å². The van der Waals surface area contributed by atoms with Crippen LogP contribution in [0.4, 0.5) is 4.79 Å². The molecule has 1 atom stereocenters. The van der Waals surface area contributed by atoms with Gasteiger partial charge in [-0.15, -0.1) is 0 Å². The number of benzene rings is 2. The number of rotatable bonds is 5. The van der Waals surface area contributed by atoms with Gasteiger partial charge in [-0.3, -0.25) is 14.3 Å². The van der Waals surface area contributed by atoms with Crippen LogP contribution in [-0.2, 0) is 20.7 Å². The van der Waals surface area contributed by atoms with E-state index in [2.05, 4.69) is 10.3 Å². The normalized spacial score (nSPS) is 12.3. The largest absolute Gasteiger partial charge is 0.467 e. The van der Waals surface area contributed by atoms with Crippen LogP contribution in [0.2, 0.25) is 0 Å². The Bertz CT molecular complexity index is 1420. The van der Waals surface area contributed by atoms with Crippen molar-refractivity contribution in [2.24, 2.45) is 0 Å². The first-order valence-electron chi connectivity index (χ1n) is 11.2. The first-order chi connectivity index (χ1) is 16.7. The number of pyridine rings is 1. The molecule has 0 fully saturated rings. The van der Waals surface area contributed by atoms with Crippen molar-refractivity contribution in [3.05, 3.63) is 78.1 Å². The molecule has 35 heavy (non-hydrogen) atoms. The van der Waals surface area contributed by atoms with Crippen molar-refractivity contribution >= 4 is 39.8 Å². The van der Waals surface area contributed by atoms with E-state index in [1.54, 1.807) is 39.1 Å². The van der Waals surface area contributed by atoms with Crippen molar-refractivity contribution in [1.29, 1.82) is 0 Å². The Morgan fingerprint density at radius 2 is 1.77 bits per heavy atom. The lowest BCUT2D eigenvalue weighted by molar-refractivity contribution is -0.142. The molecule has 1 N–H and O–H groups in total. The van der Waals surface area contributed by atoms with Gasteiger partial charge < -0.3 is 14.8 Å². The minimum atomic E-state index is -0.975. The van der Waals surface area contributed by atoms with Gasteiger partial charge in [0.1, 0.15) is 11.6 Å². The quantitative estimate of drug-likeness (QED) is 0.429. The Balaban J connectivity index is 1.63. The minimum absolute atomic E-state index is 0.121. The summed E-state index contributed by atoms with van der Waals surface area (Å²) in [6.45, 7) is 5.38. The second-order valence-electron chi connectivity index (χ2n) is 9.19. The Labute approximate surface area is 202 Å². The van der Waals surface area contributed by atoms with Crippen LogP contribution in [0.5, 0.6) is 0 Å². The SMILES string of the molecule is COC(=O)[C@H](Cc1cn(C(=O)OC(C)(C)C)c2ccccc12)NC(=O)c1cnc2ccccc2c1. The molecule has 0 saturated heterocycles. The summed E-state index contributed by atoms with van der Waals surface area (Å²) in [4.78, 5) is 42.7. The third kappa shape index (κ3) is 5.32. The lowest BCUT2D eigenvalue weighted by atomic mass is 10.0. The zero-order valence-electron chi connectivity index (χ0n) is 20.1. The summed E-state index contributed by atoms with van der Waals surface area (Å²) in [5.41, 5.74) is 1.76. The molecule has 4 aromatic rings. The molecule has 8 heteroatoms. The molecule has 0 aliphatic heterocycles. The molecule has 180 valence electrons. The molecule has 0 saturated carbocycles. The molecule has 8 nitrogen and oxygen atoms in total. The van der Waals surface area contributed by atoms with Crippen LogP contribution >= 0.6 is 0 Å². The average molecular weight is 474 g/mol. The van der Waals surface area contributed by atoms with E-state index in [-0.39, 0.29) is 6.42 Å². The summed E-state index contributed by atoms with van der Waals surface area (Å²) in [5, 5.41) is 4.35. The molecule has 2 heterocycles. The predicted octanol–water partition coefficient (Wildman–Crippen LogP) is 4.49. The maximum atomic E-state index is 13.0. The van der Waals surface area contributed by atoms with E-state index in [4.69, 9.17) is 9.47 Å². The molecule has 0 unspecified atom stereocenters. The number of ether oxygens (including phenoxy) is 2. The van der Waals surface area contributed by atoms with Gasteiger partial charge in [0.2, 0.25) is 0 Å². The summed E-state index contributed by atoms with van der Waals surface area (Å²) in [6.07, 6.45) is 2.70. The van der Waals surface area contributed by atoms with Gasteiger partial charge in [0.15, 0.2) is 0 Å². The van der Waals surface area contributed by atoms with Gasteiger partial charge >= 0.3 is 12.1 Å². The van der Waals surface area contributed by atoms with Crippen LogP contribution in [0.3, 0.4) is 0 Å². The molecule has 0 aliphatic rings. The van der Waals surface area contributed by atoms with Gasteiger partial charge in [-0.1, -0.05) is 36.4 Å². The maximum absolute atomic E-state index is 13.0. The molecule has 2 aromatic carbocycles. The molecule has 0 radical (unpaired) electrons. The molecular formula is C27H27N3O5. The number of nitrogens with one attached hydrogen (secondary N) is 1. The van der Waals surface area contributed by atoms with Crippen LogP contribution in [0.15, 0.2) is 67.0 Å². The fraction of sp³-hybridized carbons (Fsp3) is 0.259. The topological polar surface area (TPSA) is 99.5 Å². The number of nitrogens with zero attached hydrogens (tertiary/aromatic N) is 2. The monoisotopic (exact) mass is 473 g/mol. The third-order valence-electron chi connectivity index (χ3n) is 5.45. The van der Waals surface area contributed by atoms with E-state index >= 15 is 0 Å². The molecule has 1 amide bonds. The zero-order chi connectivity index (χ0) is 25.2. The van der Waals surface area contributed by atoms with E-state index in [1.807, 2.05) is 42.5 Å². The number of hydrogen-bond acceptors (Lipinski definition) is 6. The number of carbonyl (C=O) groups excluding carboxylic acids is 3. The Hall–Kier alpha value is -4.20. The third-order valence-corrected chi connectivity index (χ3v) is 5.45. The van der Waals surface area contributed by atoms with Crippen molar-refractivity contribution in [3.63, 3.8) is 0 Å². The highest BCUT2D eigenvalue weighted by molar-refractivity contribution is 5.99. The predicted molar refractivity (Wildman–Crippen MR) is 132 cm³/mol. The van der Waals surface area contributed by atoms with Crippen LogP contribution in [0.1, 0.15) is 36.7 Å². The van der Waals surface area contributed by atoms with Gasteiger partial charge in [-0.2, -0.15) is 0 Å². The van der Waals surface area contributed by atoms with Gasteiger partial charge in [0.25, 0.3) is 5.91 Å². The fourth-order valence-corrected chi connectivity index (χ4v) is 3.87. The van der Waals surface area contributed by atoms with E-state index in [0.717, 1.165) is 16.3 Å². The van der Waals surface area contributed by atoms with Crippen LogP contribution in [-0.4, -0.2) is 46.3 Å². The summed E-state index contributed by atoms with van der Waals surface area (Å²) in [7, 11) is 1.27. The summed E-state index contributed by atoms with van der Waals surface area (Å²) in [5.74, 6) is -1.05. The number of para-hydroxylation sites is 2. The number of amides is 1. The number of carbonyl (C=O) groups is 3. The molecular weight excluding hydrogens is 446 g/mol. The molecule has 0 aliphatic carbocycles. The lowest BCUT2D eigenvalue weighted by Crippen LogP contribution is -2.43. The van der Waals surface area contributed by atoms with Gasteiger partial charge in [-0.25, -0.2) is 9.59 Å². The summed E-state index contributed by atoms with van der Waals surface area (Å²) < 4.78 is 11.9. The maximum Gasteiger partial charge on any atom is 0.419 e. The Morgan fingerprint density at radius 3 is 2.51 bits per heavy atom. The smallest absolute Gasteiger partial charge is 0.419 e. The minimum Gasteiger partial charge on any atom is -0.467 e. The van der Waals surface area contributed by atoms with E-state index in [1.165, 1.54) is 17.9 Å². The van der Waals surface area contributed by atoms with Crippen LogP contribution in [0, 0.1) is 0 Å². The second kappa shape index (κ2) is 9.58. The number of aromatic nitrogens is 2. The number of esters is 1. The zero-order valence-corrected chi connectivity index (χ0v) is 20.1. The van der Waals surface area contributed by atoms with Gasteiger partial charge in [0.05, 0.1) is 23.7 Å². The number of methoxy groups -OCH3 is 1. The number of fused-ring (bicyclic) bond motifs is 2. The molecule has 2 aromatic heterocycles. The summed E-state index contributed by atoms with van der Waals surface area (Å²) >= 11 is 0. The van der Waals surface area contributed by atoms with Crippen molar-refractivity contribution in [1.82, 2.24) is 14.9 Å². The molecule has 4 rings (SSSR count). The summed E-state index contributed by atoms with van der Waals surface area (Å²) in [6, 6.07) is 15.5. The van der Waals surface area contributed by atoms with Gasteiger partial charge in [-0.05, 0) is 44.5 Å². The van der Waals surface area contributed by atoms with E-state index in [0.29, 0.717) is 16.6 Å². The second-order valence-corrected chi connectivity index (χ2v) is 9.19. The van der Waals surface area contributed by atoms with Crippen molar-refractivity contribution in [3.8, 4) is 0 Å². The highest BCUT2D eigenvalue weighted by atomic mass is 16.6. The standard InChI is InChI=1S/C27H27N3O5/c1-27(2,3)35-26(33)30-16-19(20-10-6-8-12-23(20)30)14-22(25(32)34-4)29-24(31)18-13-17-9-5-7-11-21(17)28-15-18/h5-13,15-16,22H,14H2,1-4H3,(H,29,31)/t22-/m0/s1. The van der Waals surface area contributed by atoms with Crippen molar-refractivity contribution < 1.29 is 23.9 Å². The Kier molecular flexibility index (Phi) is 6.55. The lowest BCUT2D eigenvalue weighted by Gasteiger charge is -2.19. The molecule has 0 bridgehead atoms. The fourth-order valence-electron chi connectivity index (χ4n) is 3.87. The highest BCUT2D eigenvalue weighted by Crippen LogP contribution is 2.24. The van der Waals surface area contributed by atoms with Crippen LogP contribution in [0.25, 0.3) is 21.8 Å². The first-order valence-corrected chi connectivity index (χ1v) is 11.2. The Morgan fingerprint density at radius 1 is 1.06 bits per heavy atom. The molecule has 0 spiro atoms.